The van der Waals surface area contributed by atoms with Gasteiger partial charge >= 0.3 is 6.18 Å². The molecule has 3 aromatic rings. The second-order valence-corrected chi connectivity index (χ2v) is 7.25. The van der Waals surface area contributed by atoms with Crippen molar-refractivity contribution in [2.75, 3.05) is 13.1 Å². The largest absolute Gasteiger partial charge is 0.416 e. The number of aryl methyl sites for hydroxylation is 1. The fraction of sp³-hybridized carbons (Fsp3) is 0.400. The quantitative estimate of drug-likeness (QED) is 0.649. The zero-order valence-electron chi connectivity index (χ0n) is 15.9. The van der Waals surface area contributed by atoms with Crippen LogP contribution in [0.25, 0.3) is 11.6 Å². The van der Waals surface area contributed by atoms with Crippen LogP contribution in [0.1, 0.15) is 41.4 Å². The van der Waals surface area contributed by atoms with E-state index < -0.39 is 11.7 Å². The molecule has 0 spiro atoms. The van der Waals surface area contributed by atoms with E-state index >= 15 is 0 Å². The molecule has 0 unspecified atom stereocenters. The molecule has 0 aliphatic carbocycles. The highest BCUT2D eigenvalue weighted by Crippen LogP contribution is 2.30. The number of rotatable bonds is 4. The van der Waals surface area contributed by atoms with Crippen LogP contribution in [0.4, 0.5) is 13.2 Å². The summed E-state index contributed by atoms with van der Waals surface area (Å²) >= 11 is 0. The van der Waals surface area contributed by atoms with Gasteiger partial charge in [0.1, 0.15) is 5.69 Å². The summed E-state index contributed by atoms with van der Waals surface area (Å²) < 4.78 is 43.4. The van der Waals surface area contributed by atoms with E-state index in [-0.39, 0.29) is 5.92 Å². The Labute approximate surface area is 165 Å². The van der Waals surface area contributed by atoms with E-state index in [1.54, 1.807) is 24.5 Å². The molecule has 1 aliphatic heterocycles. The molecule has 0 saturated carbocycles. The maximum atomic E-state index is 12.7. The van der Waals surface area contributed by atoms with Crippen molar-refractivity contribution in [3.05, 3.63) is 59.3 Å². The van der Waals surface area contributed by atoms with Crippen LogP contribution in [0.15, 0.2) is 41.2 Å². The monoisotopic (exact) mass is 403 g/mol. The summed E-state index contributed by atoms with van der Waals surface area (Å²) in [5.41, 5.74) is 1.62. The van der Waals surface area contributed by atoms with Gasteiger partial charge < -0.3 is 4.52 Å². The lowest BCUT2D eigenvalue weighted by molar-refractivity contribution is -0.137. The van der Waals surface area contributed by atoms with Crippen molar-refractivity contribution in [1.29, 1.82) is 0 Å². The maximum Gasteiger partial charge on any atom is 0.416 e. The first-order valence-corrected chi connectivity index (χ1v) is 9.39. The van der Waals surface area contributed by atoms with Crippen LogP contribution in [0.3, 0.4) is 0 Å². The summed E-state index contributed by atoms with van der Waals surface area (Å²) in [5.74, 6) is 1.21. The molecule has 1 saturated heterocycles. The smallest absolute Gasteiger partial charge is 0.332 e. The van der Waals surface area contributed by atoms with Crippen LogP contribution in [0, 0.1) is 6.92 Å². The molecule has 3 heterocycles. The Morgan fingerprint density at radius 3 is 2.41 bits per heavy atom. The summed E-state index contributed by atoms with van der Waals surface area (Å²) in [5, 5.41) is 4.10. The number of likely N-dealkylation sites (tertiary alicyclic amines) is 1. The molecule has 0 bridgehead atoms. The third kappa shape index (κ3) is 4.61. The average molecular weight is 403 g/mol. The summed E-state index contributed by atoms with van der Waals surface area (Å²) in [7, 11) is 0. The third-order valence-electron chi connectivity index (χ3n) is 5.08. The normalized spacial score (nSPS) is 16.3. The van der Waals surface area contributed by atoms with E-state index in [1.807, 2.05) is 6.92 Å². The number of nitrogens with zero attached hydrogens (tertiary/aromatic N) is 5. The van der Waals surface area contributed by atoms with Crippen LogP contribution < -0.4 is 0 Å². The number of halogens is 3. The van der Waals surface area contributed by atoms with Crippen LogP contribution >= 0.6 is 0 Å². The van der Waals surface area contributed by atoms with Crippen molar-refractivity contribution in [3.8, 4) is 11.6 Å². The van der Waals surface area contributed by atoms with Crippen molar-refractivity contribution in [1.82, 2.24) is 25.0 Å². The van der Waals surface area contributed by atoms with E-state index in [9.17, 15) is 13.2 Å². The fourth-order valence-electron chi connectivity index (χ4n) is 3.41. The highest BCUT2D eigenvalue weighted by Gasteiger charge is 2.30. The SMILES string of the molecule is Cc1cnc(-c2nc(C3CCN(Cc4ccc(C(F)(F)F)cc4)CC3)no2)cn1. The number of hydrogen-bond donors (Lipinski definition) is 0. The number of benzene rings is 1. The van der Waals surface area contributed by atoms with E-state index in [2.05, 4.69) is 25.0 Å². The summed E-state index contributed by atoms with van der Waals surface area (Å²) in [6.07, 6.45) is 0.682. The van der Waals surface area contributed by atoms with Gasteiger partial charge in [-0.05, 0) is 50.6 Å². The Bertz CT molecular complexity index is 945. The van der Waals surface area contributed by atoms with Gasteiger partial charge in [-0.3, -0.25) is 9.88 Å². The lowest BCUT2D eigenvalue weighted by atomic mass is 9.96. The molecule has 1 aromatic carbocycles. The van der Waals surface area contributed by atoms with Gasteiger partial charge in [-0.2, -0.15) is 18.2 Å². The lowest BCUT2D eigenvalue weighted by Crippen LogP contribution is -2.32. The zero-order valence-corrected chi connectivity index (χ0v) is 15.9. The summed E-state index contributed by atoms with van der Waals surface area (Å²) in [6.45, 7) is 4.12. The topological polar surface area (TPSA) is 67.9 Å². The summed E-state index contributed by atoms with van der Waals surface area (Å²) in [6, 6.07) is 5.36. The highest BCUT2D eigenvalue weighted by atomic mass is 19.4. The molecule has 9 heteroatoms. The van der Waals surface area contributed by atoms with Crippen LogP contribution in [-0.4, -0.2) is 38.1 Å². The van der Waals surface area contributed by atoms with Crippen molar-refractivity contribution >= 4 is 0 Å². The van der Waals surface area contributed by atoms with Crippen LogP contribution in [0.2, 0.25) is 0 Å². The molecule has 1 aliphatic rings. The lowest BCUT2D eigenvalue weighted by Gasteiger charge is -2.30. The Kier molecular flexibility index (Phi) is 5.31. The molecule has 0 amide bonds. The van der Waals surface area contributed by atoms with Gasteiger partial charge in [-0.15, -0.1) is 0 Å². The van der Waals surface area contributed by atoms with Gasteiger partial charge in [0.15, 0.2) is 5.82 Å². The minimum absolute atomic E-state index is 0.190. The second-order valence-electron chi connectivity index (χ2n) is 7.25. The molecule has 0 radical (unpaired) electrons. The average Bonchev–Trinajstić information content (AvgIpc) is 3.19. The molecule has 0 N–H and O–H groups in total. The fourth-order valence-corrected chi connectivity index (χ4v) is 3.41. The first-order chi connectivity index (χ1) is 13.9. The van der Waals surface area contributed by atoms with E-state index in [0.717, 1.165) is 49.3 Å². The first kappa shape index (κ1) is 19.5. The predicted octanol–water partition coefficient (Wildman–Crippen LogP) is 4.23. The number of alkyl halides is 3. The summed E-state index contributed by atoms with van der Waals surface area (Å²) in [4.78, 5) is 15.1. The minimum Gasteiger partial charge on any atom is -0.332 e. The minimum atomic E-state index is -4.30. The maximum absolute atomic E-state index is 12.7. The standard InChI is InChI=1S/C20H20F3N5O/c1-13-10-25-17(11-24-13)19-26-18(27-29-19)15-6-8-28(9-7-15)12-14-2-4-16(5-3-14)20(21,22)23/h2-5,10-11,15H,6-9,12H2,1H3. The number of piperidine rings is 1. The van der Waals surface area contributed by atoms with Gasteiger partial charge in [-0.25, -0.2) is 4.98 Å². The molecular formula is C20H20F3N5O. The van der Waals surface area contributed by atoms with Gasteiger partial charge in [0.05, 0.1) is 17.5 Å². The molecular weight excluding hydrogens is 383 g/mol. The van der Waals surface area contributed by atoms with Gasteiger partial charge in [0, 0.05) is 18.7 Å². The van der Waals surface area contributed by atoms with Crippen molar-refractivity contribution in [2.24, 2.45) is 0 Å². The van der Waals surface area contributed by atoms with Gasteiger partial charge in [0.25, 0.3) is 5.89 Å². The van der Waals surface area contributed by atoms with Crippen molar-refractivity contribution < 1.29 is 17.7 Å². The molecule has 152 valence electrons. The van der Waals surface area contributed by atoms with Gasteiger partial charge in [-0.1, -0.05) is 17.3 Å². The third-order valence-corrected chi connectivity index (χ3v) is 5.08. The Morgan fingerprint density at radius 2 is 1.79 bits per heavy atom. The van der Waals surface area contributed by atoms with E-state index in [0.29, 0.717) is 24.0 Å². The molecule has 6 nitrogen and oxygen atoms in total. The molecule has 2 aromatic heterocycles. The Morgan fingerprint density at radius 1 is 1.07 bits per heavy atom. The molecule has 1 fully saturated rings. The van der Waals surface area contributed by atoms with Gasteiger partial charge in [0.2, 0.25) is 0 Å². The number of hydrogen-bond acceptors (Lipinski definition) is 6. The van der Waals surface area contributed by atoms with Crippen LogP contribution in [-0.2, 0) is 12.7 Å². The molecule has 29 heavy (non-hydrogen) atoms. The predicted molar refractivity (Wildman–Crippen MR) is 98.8 cm³/mol. The van der Waals surface area contributed by atoms with E-state index in [1.165, 1.54) is 0 Å². The first-order valence-electron chi connectivity index (χ1n) is 9.39. The van der Waals surface area contributed by atoms with Crippen LogP contribution in [0.5, 0.6) is 0 Å². The highest BCUT2D eigenvalue weighted by molar-refractivity contribution is 5.44. The second kappa shape index (κ2) is 7.90. The van der Waals surface area contributed by atoms with E-state index in [4.69, 9.17) is 4.52 Å². The Hall–Kier alpha value is -2.81. The Balaban J connectivity index is 1.33. The number of aromatic nitrogens is 4. The van der Waals surface area contributed by atoms with Crippen molar-refractivity contribution in [2.45, 2.75) is 38.4 Å². The zero-order chi connectivity index (χ0) is 20.4. The molecule has 0 atom stereocenters. The van der Waals surface area contributed by atoms with Crippen molar-refractivity contribution in [3.63, 3.8) is 0 Å². The molecule has 4 rings (SSSR count).